The fourth-order valence-electron chi connectivity index (χ4n) is 2.08. The molecule has 0 aromatic heterocycles. The summed E-state index contributed by atoms with van der Waals surface area (Å²) in [5, 5.41) is 11.2. The van der Waals surface area contributed by atoms with Gasteiger partial charge in [-0.15, -0.1) is 0 Å². The van der Waals surface area contributed by atoms with Crippen molar-refractivity contribution in [1.82, 2.24) is 5.32 Å². The highest BCUT2D eigenvalue weighted by molar-refractivity contribution is 5.89. The van der Waals surface area contributed by atoms with Crippen LogP contribution in [0.4, 0.5) is 18.0 Å². The third-order valence-electron chi connectivity index (χ3n) is 3.32. The molecule has 0 atom stereocenters. The average molecular weight is 377 g/mol. The molecule has 0 unspecified atom stereocenters. The number of alkyl halides is 3. The molecule has 8 heteroatoms. The number of aromatic carboxylic acids is 1. The molecule has 0 aliphatic rings. The lowest BCUT2D eigenvalue weighted by Gasteiger charge is -2.10. The molecule has 0 aliphatic carbocycles. The summed E-state index contributed by atoms with van der Waals surface area (Å²) in [6.07, 6.45) is -5.53. The Morgan fingerprint density at radius 3 is 2.44 bits per heavy atom. The summed E-state index contributed by atoms with van der Waals surface area (Å²) in [6.45, 7) is -0.0681. The van der Waals surface area contributed by atoms with Crippen molar-refractivity contribution >= 4 is 12.1 Å². The van der Waals surface area contributed by atoms with Gasteiger partial charge in [-0.25, -0.2) is 9.59 Å². The van der Waals surface area contributed by atoms with Gasteiger partial charge >= 0.3 is 18.2 Å². The molecule has 0 aliphatic heterocycles. The summed E-state index contributed by atoms with van der Waals surface area (Å²) in [6, 6.07) is 11.7. The van der Waals surface area contributed by atoms with Gasteiger partial charge in [0.15, 0.2) is 0 Å². The van der Waals surface area contributed by atoms with E-state index in [4.69, 9.17) is 9.84 Å². The van der Waals surface area contributed by atoms with Crippen LogP contribution in [0, 0.1) is 11.8 Å². The molecule has 2 aromatic rings. The molecule has 2 rings (SSSR count). The van der Waals surface area contributed by atoms with Gasteiger partial charge in [-0.2, -0.15) is 13.2 Å². The van der Waals surface area contributed by atoms with Crippen molar-refractivity contribution < 1.29 is 32.6 Å². The second-order valence-corrected chi connectivity index (χ2v) is 5.28. The topological polar surface area (TPSA) is 75.6 Å². The number of carbonyl (C=O) groups is 2. The molecular formula is C19H14F3NO4. The lowest BCUT2D eigenvalue weighted by Crippen LogP contribution is -2.24. The fourth-order valence-corrected chi connectivity index (χ4v) is 2.08. The van der Waals surface area contributed by atoms with Gasteiger partial charge in [-0.05, 0) is 23.8 Å². The van der Waals surface area contributed by atoms with Crippen LogP contribution in [0.3, 0.4) is 0 Å². The Morgan fingerprint density at radius 2 is 1.81 bits per heavy atom. The van der Waals surface area contributed by atoms with Gasteiger partial charge in [-0.3, -0.25) is 0 Å². The van der Waals surface area contributed by atoms with E-state index < -0.39 is 29.4 Å². The first-order valence-corrected chi connectivity index (χ1v) is 7.65. The smallest absolute Gasteiger partial charge is 0.417 e. The van der Waals surface area contributed by atoms with Crippen molar-refractivity contribution in [2.75, 3.05) is 6.54 Å². The Morgan fingerprint density at radius 1 is 1.11 bits per heavy atom. The molecule has 140 valence electrons. The van der Waals surface area contributed by atoms with Crippen molar-refractivity contribution in [3.05, 3.63) is 70.8 Å². The number of carboxylic acid groups (broad SMARTS) is 1. The molecule has 0 spiro atoms. The number of hydrogen-bond donors (Lipinski definition) is 2. The van der Waals surface area contributed by atoms with Gasteiger partial charge in [0.1, 0.15) is 6.61 Å². The third kappa shape index (κ3) is 6.08. The zero-order valence-corrected chi connectivity index (χ0v) is 13.8. The van der Waals surface area contributed by atoms with Crippen molar-refractivity contribution in [2.24, 2.45) is 0 Å². The van der Waals surface area contributed by atoms with Crippen LogP contribution in [0.25, 0.3) is 0 Å². The predicted octanol–water partition coefficient (Wildman–Crippen LogP) is 3.68. The highest BCUT2D eigenvalue weighted by Crippen LogP contribution is 2.32. The molecule has 5 nitrogen and oxygen atoms in total. The number of ether oxygens (including phenoxy) is 1. The number of halogens is 3. The van der Waals surface area contributed by atoms with Gasteiger partial charge < -0.3 is 15.2 Å². The normalized spacial score (nSPS) is 10.5. The molecule has 0 bridgehead atoms. The van der Waals surface area contributed by atoms with Crippen LogP contribution in [0.5, 0.6) is 0 Å². The van der Waals surface area contributed by atoms with Gasteiger partial charge in [0, 0.05) is 5.56 Å². The van der Waals surface area contributed by atoms with Gasteiger partial charge in [-0.1, -0.05) is 42.2 Å². The Labute approximate surface area is 152 Å². The molecule has 0 saturated heterocycles. The number of alkyl carbamates (subject to hydrolysis) is 1. The van der Waals surface area contributed by atoms with E-state index in [1.165, 1.54) is 6.07 Å². The molecule has 27 heavy (non-hydrogen) atoms. The largest absolute Gasteiger partial charge is 0.478 e. The fraction of sp³-hybridized carbons (Fsp3) is 0.158. The van der Waals surface area contributed by atoms with Gasteiger partial charge in [0.25, 0.3) is 0 Å². The summed E-state index contributed by atoms with van der Waals surface area (Å²) in [5.74, 6) is 3.24. The number of amides is 1. The summed E-state index contributed by atoms with van der Waals surface area (Å²) >= 11 is 0. The zero-order valence-electron chi connectivity index (χ0n) is 13.8. The molecule has 1 amide bonds. The van der Waals surface area contributed by atoms with E-state index in [1.54, 1.807) is 24.3 Å². The molecule has 2 N–H and O–H groups in total. The quantitative estimate of drug-likeness (QED) is 0.797. The van der Waals surface area contributed by atoms with Gasteiger partial charge in [0.05, 0.1) is 17.7 Å². The summed E-state index contributed by atoms with van der Waals surface area (Å²) in [4.78, 5) is 22.4. The Balaban J connectivity index is 1.93. The molecule has 0 saturated carbocycles. The molecule has 0 radical (unpaired) electrons. The van der Waals surface area contributed by atoms with E-state index in [1.807, 2.05) is 6.07 Å². The number of carboxylic acids is 1. The minimum absolute atomic E-state index is 0.0215. The zero-order chi connectivity index (χ0) is 19.9. The van der Waals surface area contributed by atoms with E-state index >= 15 is 0 Å². The monoisotopic (exact) mass is 377 g/mol. The maximum atomic E-state index is 12.9. The predicted molar refractivity (Wildman–Crippen MR) is 89.9 cm³/mol. The van der Waals surface area contributed by atoms with E-state index in [9.17, 15) is 22.8 Å². The maximum absolute atomic E-state index is 12.9. The van der Waals surface area contributed by atoms with E-state index in [2.05, 4.69) is 17.2 Å². The Hall–Kier alpha value is -3.47. The van der Waals surface area contributed by atoms with E-state index in [0.29, 0.717) is 6.07 Å². The highest BCUT2D eigenvalue weighted by Gasteiger charge is 2.35. The van der Waals surface area contributed by atoms with Gasteiger partial charge in [0.2, 0.25) is 0 Å². The number of benzene rings is 2. The standard InChI is InChI=1S/C19H14F3NO4/c20-19(21,22)16-11-13(8-9-15(16)17(24)25)7-4-10-23-18(26)27-12-14-5-2-1-3-6-14/h1-3,5-6,8-9,11H,10,12H2,(H,23,26)(H,24,25). The Bertz CT molecular complexity index is 883. The van der Waals surface area contributed by atoms with Crippen LogP contribution in [0.1, 0.15) is 27.0 Å². The third-order valence-corrected chi connectivity index (χ3v) is 3.32. The minimum Gasteiger partial charge on any atom is -0.478 e. The Kier molecular flexibility index (Phi) is 6.44. The number of nitrogens with one attached hydrogen (secondary N) is 1. The molecular weight excluding hydrogens is 363 g/mol. The minimum atomic E-state index is -4.81. The number of rotatable bonds is 4. The summed E-state index contributed by atoms with van der Waals surface area (Å²) in [5.41, 5.74) is -1.35. The lowest BCUT2D eigenvalue weighted by atomic mass is 10.0. The molecule has 0 heterocycles. The maximum Gasteiger partial charge on any atom is 0.417 e. The number of hydrogen-bond acceptors (Lipinski definition) is 3. The van der Waals surface area contributed by atoms with Crippen LogP contribution in [-0.2, 0) is 17.5 Å². The first-order chi connectivity index (χ1) is 12.8. The summed E-state index contributed by atoms with van der Waals surface area (Å²) in [7, 11) is 0. The lowest BCUT2D eigenvalue weighted by molar-refractivity contribution is -0.138. The second kappa shape index (κ2) is 8.76. The SMILES string of the molecule is O=C(NCC#Cc1ccc(C(=O)O)c(C(F)(F)F)c1)OCc1ccccc1. The molecule has 2 aromatic carbocycles. The highest BCUT2D eigenvalue weighted by atomic mass is 19.4. The van der Waals surface area contributed by atoms with Crippen molar-refractivity contribution in [1.29, 1.82) is 0 Å². The summed E-state index contributed by atoms with van der Waals surface area (Å²) < 4.78 is 43.7. The average Bonchev–Trinajstić information content (AvgIpc) is 2.63. The first kappa shape index (κ1) is 19.8. The van der Waals surface area contributed by atoms with Crippen LogP contribution in [-0.4, -0.2) is 23.7 Å². The van der Waals surface area contributed by atoms with Crippen molar-refractivity contribution in [2.45, 2.75) is 12.8 Å². The van der Waals surface area contributed by atoms with Crippen LogP contribution in [0.15, 0.2) is 48.5 Å². The van der Waals surface area contributed by atoms with E-state index in [0.717, 1.165) is 11.6 Å². The van der Waals surface area contributed by atoms with Crippen LogP contribution >= 0.6 is 0 Å². The second-order valence-electron chi connectivity index (χ2n) is 5.28. The van der Waals surface area contributed by atoms with E-state index in [-0.39, 0.29) is 18.7 Å². The van der Waals surface area contributed by atoms with Crippen LogP contribution in [0.2, 0.25) is 0 Å². The van der Waals surface area contributed by atoms with Crippen molar-refractivity contribution in [3.8, 4) is 11.8 Å². The molecule has 0 fully saturated rings. The number of carbonyl (C=O) groups excluding carboxylic acids is 1. The van der Waals surface area contributed by atoms with Crippen LogP contribution < -0.4 is 5.32 Å². The first-order valence-electron chi connectivity index (χ1n) is 7.65. The van der Waals surface area contributed by atoms with Crippen molar-refractivity contribution in [3.63, 3.8) is 0 Å².